The second-order valence-electron chi connectivity index (χ2n) is 3.75. The molecule has 1 rings (SSSR count). The predicted molar refractivity (Wildman–Crippen MR) is 61.0 cm³/mol. The summed E-state index contributed by atoms with van der Waals surface area (Å²) in [6, 6.07) is 0.691. The van der Waals surface area contributed by atoms with Crippen molar-refractivity contribution in [2.75, 3.05) is 5.73 Å². The largest absolute Gasteiger partial charge is 0.383 e. The zero-order valence-electron chi connectivity index (χ0n) is 9.38. The first-order valence-electron chi connectivity index (χ1n) is 5.12. The van der Waals surface area contributed by atoms with Gasteiger partial charge in [-0.3, -0.25) is 4.79 Å². The van der Waals surface area contributed by atoms with Crippen LogP contribution < -0.4 is 17.2 Å². The van der Waals surface area contributed by atoms with E-state index in [0.29, 0.717) is 0 Å². The average Bonchev–Trinajstić information content (AvgIpc) is 2.26. The van der Waals surface area contributed by atoms with Crippen LogP contribution in [0, 0.1) is 5.92 Å². The first-order valence-corrected chi connectivity index (χ1v) is 5.12. The first-order chi connectivity index (χ1) is 7.47. The molecule has 0 aliphatic carbocycles. The number of carbonyl (C=O) groups excluding carboxylic acids is 1. The van der Waals surface area contributed by atoms with E-state index in [-0.39, 0.29) is 11.7 Å². The zero-order chi connectivity index (χ0) is 12.3. The lowest BCUT2D eigenvalue weighted by Crippen LogP contribution is -2.44. The summed E-state index contributed by atoms with van der Waals surface area (Å²) in [7, 11) is 0. The van der Waals surface area contributed by atoms with Gasteiger partial charge in [0.25, 0.3) is 5.91 Å². The lowest BCUT2D eigenvalue weighted by molar-refractivity contribution is 0.0845. The van der Waals surface area contributed by atoms with Gasteiger partial charge >= 0.3 is 5.69 Å². The molecule has 0 bridgehead atoms. The molecular formula is C10H16N4O2. The van der Waals surface area contributed by atoms with Crippen LogP contribution in [0.5, 0.6) is 0 Å². The maximum absolute atomic E-state index is 11.8. The Bertz CT molecular complexity index is 441. The smallest absolute Gasteiger partial charge is 0.356 e. The summed E-state index contributed by atoms with van der Waals surface area (Å²) in [5.41, 5.74) is 10.4. The summed E-state index contributed by atoms with van der Waals surface area (Å²) in [5, 5.41) is 0. The molecule has 6 heteroatoms. The van der Waals surface area contributed by atoms with E-state index in [4.69, 9.17) is 11.5 Å². The van der Waals surface area contributed by atoms with E-state index in [1.54, 1.807) is 0 Å². The highest BCUT2D eigenvalue weighted by Gasteiger charge is 2.21. The quantitative estimate of drug-likeness (QED) is 0.742. The lowest BCUT2D eigenvalue weighted by atomic mass is 9.99. The number of aromatic nitrogens is 2. The number of carbonyl (C=O) groups is 1. The third-order valence-electron chi connectivity index (χ3n) is 2.60. The summed E-state index contributed by atoms with van der Waals surface area (Å²) in [5.74, 6) is -0.352. The van der Waals surface area contributed by atoms with Crippen molar-refractivity contribution < 1.29 is 4.79 Å². The topological polar surface area (TPSA) is 104 Å². The van der Waals surface area contributed by atoms with Crippen LogP contribution in [-0.2, 0) is 0 Å². The Morgan fingerprint density at radius 3 is 2.75 bits per heavy atom. The molecule has 0 saturated carbocycles. The molecule has 0 aromatic carbocycles. The van der Waals surface area contributed by atoms with E-state index in [1.165, 1.54) is 12.3 Å². The van der Waals surface area contributed by atoms with Crippen LogP contribution in [0.3, 0.4) is 0 Å². The molecule has 0 saturated heterocycles. The molecule has 0 unspecified atom stereocenters. The third-order valence-corrected chi connectivity index (χ3v) is 2.60. The Kier molecular flexibility index (Phi) is 3.78. The molecular weight excluding hydrogens is 208 g/mol. The van der Waals surface area contributed by atoms with Crippen molar-refractivity contribution in [1.29, 1.82) is 0 Å². The molecule has 6 nitrogen and oxygen atoms in total. The van der Waals surface area contributed by atoms with Gasteiger partial charge in [0.1, 0.15) is 5.82 Å². The molecule has 4 N–H and O–H groups in total. The molecule has 1 heterocycles. The molecule has 0 aliphatic rings. The van der Waals surface area contributed by atoms with Crippen LogP contribution in [0.15, 0.2) is 17.1 Å². The summed E-state index contributed by atoms with van der Waals surface area (Å²) in [6.45, 7) is 3.79. The average molecular weight is 224 g/mol. The van der Waals surface area contributed by atoms with Crippen LogP contribution in [0.2, 0.25) is 0 Å². The predicted octanol–water partition coefficient (Wildman–Crippen LogP) is -0.161. The van der Waals surface area contributed by atoms with Crippen molar-refractivity contribution in [3.63, 3.8) is 0 Å². The van der Waals surface area contributed by atoms with Crippen molar-refractivity contribution in [3.05, 3.63) is 22.7 Å². The fourth-order valence-corrected chi connectivity index (χ4v) is 1.24. The highest BCUT2D eigenvalue weighted by Crippen LogP contribution is 2.06. The van der Waals surface area contributed by atoms with Crippen LogP contribution in [0.1, 0.15) is 25.1 Å². The van der Waals surface area contributed by atoms with Crippen molar-refractivity contribution >= 4 is 11.7 Å². The number of rotatable bonds is 3. The summed E-state index contributed by atoms with van der Waals surface area (Å²) < 4.78 is 0.896. The molecule has 88 valence electrons. The maximum atomic E-state index is 11.8. The lowest BCUT2D eigenvalue weighted by Gasteiger charge is -2.17. The van der Waals surface area contributed by atoms with E-state index in [1.807, 2.05) is 13.8 Å². The van der Waals surface area contributed by atoms with E-state index < -0.39 is 17.6 Å². The molecule has 0 aliphatic heterocycles. The third kappa shape index (κ3) is 2.46. The Morgan fingerprint density at radius 1 is 1.62 bits per heavy atom. The molecule has 16 heavy (non-hydrogen) atoms. The van der Waals surface area contributed by atoms with Crippen LogP contribution in [0.4, 0.5) is 5.82 Å². The number of nitrogens with two attached hydrogens (primary N) is 2. The normalized spacial score (nSPS) is 14.4. The molecule has 0 radical (unpaired) electrons. The Balaban J connectivity index is 3.01. The Morgan fingerprint density at radius 2 is 2.25 bits per heavy atom. The van der Waals surface area contributed by atoms with Crippen molar-refractivity contribution in [3.8, 4) is 0 Å². The van der Waals surface area contributed by atoms with E-state index in [0.717, 1.165) is 11.0 Å². The number of anilines is 1. The van der Waals surface area contributed by atoms with Crippen molar-refractivity contribution in [1.82, 2.24) is 9.55 Å². The Labute approximate surface area is 93.3 Å². The monoisotopic (exact) mass is 224 g/mol. The van der Waals surface area contributed by atoms with Gasteiger partial charge in [0.15, 0.2) is 0 Å². The van der Waals surface area contributed by atoms with Crippen LogP contribution in [0.25, 0.3) is 0 Å². The molecule has 2 atom stereocenters. The van der Waals surface area contributed by atoms with Gasteiger partial charge in [-0.05, 0) is 12.0 Å². The van der Waals surface area contributed by atoms with Gasteiger partial charge in [-0.15, -0.1) is 0 Å². The fourth-order valence-electron chi connectivity index (χ4n) is 1.24. The number of nitrogens with zero attached hydrogens (tertiary/aromatic N) is 2. The van der Waals surface area contributed by atoms with Gasteiger partial charge in [-0.1, -0.05) is 20.3 Å². The SMILES string of the molecule is CC[C@H](C)[C@H](N)C(=O)n1ccc(N)nc1=O. The zero-order valence-corrected chi connectivity index (χ0v) is 9.38. The number of hydrogen-bond acceptors (Lipinski definition) is 5. The summed E-state index contributed by atoms with van der Waals surface area (Å²) in [4.78, 5) is 26.7. The van der Waals surface area contributed by atoms with Gasteiger partial charge in [0, 0.05) is 6.20 Å². The molecule has 1 aromatic rings. The molecule has 1 aromatic heterocycles. The van der Waals surface area contributed by atoms with Gasteiger partial charge in [-0.2, -0.15) is 4.98 Å². The van der Waals surface area contributed by atoms with Gasteiger partial charge < -0.3 is 11.5 Å². The second kappa shape index (κ2) is 4.89. The minimum Gasteiger partial charge on any atom is -0.383 e. The van der Waals surface area contributed by atoms with Crippen LogP contribution in [-0.4, -0.2) is 21.5 Å². The minimum atomic E-state index is -0.701. The fraction of sp³-hybridized carbons (Fsp3) is 0.500. The van der Waals surface area contributed by atoms with Gasteiger partial charge in [0.2, 0.25) is 0 Å². The van der Waals surface area contributed by atoms with Gasteiger partial charge in [-0.25, -0.2) is 9.36 Å². The van der Waals surface area contributed by atoms with Crippen LogP contribution >= 0.6 is 0 Å². The van der Waals surface area contributed by atoms with Crippen molar-refractivity contribution in [2.24, 2.45) is 11.7 Å². The standard InChI is InChI=1S/C10H16N4O2/c1-3-6(2)8(12)9(15)14-5-4-7(11)13-10(14)16/h4-6,8H,3,12H2,1-2H3,(H2,11,13,16)/t6-,8-/m0/s1. The first kappa shape index (κ1) is 12.4. The summed E-state index contributed by atoms with van der Waals surface area (Å²) in [6.07, 6.45) is 2.07. The van der Waals surface area contributed by atoms with E-state index in [9.17, 15) is 9.59 Å². The molecule has 0 fully saturated rings. The van der Waals surface area contributed by atoms with E-state index in [2.05, 4.69) is 4.98 Å². The molecule has 0 amide bonds. The highest BCUT2D eigenvalue weighted by atomic mass is 16.2. The summed E-state index contributed by atoms with van der Waals surface area (Å²) >= 11 is 0. The van der Waals surface area contributed by atoms with Crippen molar-refractivity contribution in [2.45, 2.75) is 26.3 Å². The molecule has 0 spiro atoms. The Hall–Kier alpha value is -1.69. The second-order valence-corrected chi connectivity index (χ2v) is 3.75. The van der Waals surface area contributed by atoms with E-state index >= 15 is 0 Å². The number of nitrogen functional groups attached to an aromatic ring is 1. The maximum Gasteiger partial charge on any atom is 0.356 e. The van der Waals surface area contributed by atoms with Gasteiger partial charge in [0.05, 0.1) is 6.04 Å². The minimum absolute atomic E-state index is 0.0111. The number of hydrogen-bond donors (Lipinski definition) is 2. The highest BCUT2D eigenvalue weighted by molar-refractivity contribution is 5.84.